The van der Waals surface area contributed by atoms with Gasteiger partial charge in [-0.25, -0.2) is 4.98 Å². The third-order valence-electron chi connectivity index (χ3n) is 1.91. The fraction of sp³-hybridized carbons (Fsp3) is 0.0833. The summed E-state index contributed by atoms with van der Waals surface area (Å²) in [6.07, 6.45) is 1.56. The number of aromatic nitrogens is 1. The van der Waals surface area contributed by atoms with Crippen molar-refractivity contribution in [1.82, 2.24) is 4.98 Å². The minimum absolute atomic E-state index is 0.546. The Morgan fingerprint density at radius 2 is 2.07 bits per heavy atom. The summed E-state index contributed by atoms with van der Waals surface area (Å²) in [6, 6.07) is 11.3. The van der Waals surface area contributed by atoms with Crippen molar-refractivity contribution in [3.8, 4) is 11.6 Å². The molecule has 0 amide bonds. The van der Waals surface area contributed by atoms with E-state index in [0.29, 0.717) is 10.9 Å². The molecular formula is C12H10ClNO. The lowest BCUT2D eigenvalue weighted by Gasteiger charge is -2.04. The van der Waals surface area contributed by atoms with E-state index in [9.17, 15) is 0 Å². The van der Waals surface area contributed by atoms with Crippen LogP contribution >= 0.6 is 11.6 Å². The van der Waals surface area contributed by atoms with Crippen molar-refractivity contribution in [2.45, 2.75) is 6.92 Å². The Balaban J connectivity index is 2.18. The lowest BCUT2D eigenvalue weighted by molar-refractivity contribution is 0.462. The van der Waals surface area contributed by atoms with E-state index in [1.165, 1.54) is 0 Å². The van der Waals surface area contributed by atoms with Crippen LogP contribution in [-0.4, -0.2) is 4.98 Å². The molecule has 3 heteroatoms. The number of benzene rings is 1. The van der Waals surface area contributed by atoms with Crippen molar-refractivity contribution in [3.05, 3.63) is 53.2 Å². The van der Waals surface area contributed by atoms with Gasteiger partial charge in [0.2, 0.25) is 5.88 Å². The van der Waals surface area contributed by atoms with Crippen molar-refractivity contribution in [2.24, 2.45) is 0 Å². The molecule has 0 bridgehead atoms. The molecule has 0 aliphatic carbocycles. The molecule has 0 aliphatic heterocycles. The van der Waals surface area contributed by atoms with Gasteiger partial charge in [-0.05, 0) is 30.7 Å². The molecule has 2 nitrogen and oxygen atoms in total. The summed E-state index contributed by atoms with van der Waals surface area (Å²) in [6.45, 7) is 2.02. The highest BCUT2D eigenvalue weighted by Gasteiger charge is 1.98. The highest BCUT2D eigenvalue weighted by Crippen LogP contribution is 2.20. The number of aryl methyl sites for hydroxylation is 1. The van der Waals surface area contributed by atoms with E-state index >= 15 is 0 Å². The van der Waals surface area contributed by atoms with Crippen LogP contribution in [0.3, 0.4) is 0 Å². The molecule has 1 aromatic carbocycles. The fourth-order valence-electron chi connectivity index (χ4n) is 1.22. The topological polar surface area (TPSA) is 22.1 Å². The van der Waals surface area contributed by atoms with Crippen LogP contribution in [0.25, 0.3) is 0 Å². The summed E-state index contributed by atoms with van der Waals surface area (Å²) in [5.41, 5.74) is 1.15. The van der Waals surface area contributed by atoms with Crippen LogP contribution in [0.15, 0.2) is 42.6 Å². The molecule has 0 N–H and O–H groups in total. The number of hydrogen-bond acceptors (Lipinski definition) is 2. The zero-order valence-electron chi connectivity index (χ0n) is 8.27. The second-order valence-corrected chi connectivity index (χ2v) is 3.67. The molecule has 1 aromatic heterocycles. The van der Waals surface area contributed by atoms with Crippen LogP contribution in [0.1, 0.15) is 5.56 Å². The van der Waals surface area contributed by atoms with E-state index < -0.39 is 0 Å². The fourth-order valence-corrected chi connectivity index (χ4v) is 1.33. The van der Waals surface area contributed by atoms with Crippen molar-refractivity contribution >= 4 is 11.6 Å². The van der Waals surface area contributed by atoms with Gasteiger partial charge in [0.05, 0.1) is 5.02 Å². The average molecular weight is 220 g/mol. The number of halogens is 1. The van der Waals surface area contributed by atoms with Gasteiger partial charge in [-0.15, -0.1) is 0 Å². The van der Waals surface area contributed by atoms with Crippen LogP contribution < -0.4 is 4.74 Å². The summed E-state index contributed by atoms with van der Waals surface area (Å²) in [5, 5.41) is 0.603. The Bertz CT molecular complexity index is 453. The van der Waals surface area contributed by atoms with Gasteiger partial charge in [0, 0.05) is 12.3 Å². The maximum Gasteiger partial charge on any atom is 0.219 e. The van der Waals surface area contributed by atoms with E-state index in [1.807, 2.05) is 31.2 Å². The van der Waals surface area contributed by atoms with Gasteiger partial charge in [0.15, 0.2) is 0 Å². The molecule has 0 saturated carbocycles. The van der Waals surface area contributed by atoms with Crippen molar-refractivity contribution < 1.29 is 4.74 Å². The molecule has 76 valence electrons. The smallest absolute Gasteiger partial charge is 0.219 e. The van der Waals surface area contributed by atoms with E-state index in [2.05, 4.69) is 4.98 Å². The van der Waals surface area contributed by atoms with Crippen LogP contribution in [-0.2, 0) is 0 Å². The molecule has 0 aliphatic rings. The van der Waals surface area contributed by atoms with E-state index in [0.717, 1.165) is 11.3 Å². The lowest BCUT2D eigenvalue weighted by Crippen LogP contribution is -1.87. The van der Waals surface area contributed by atoms with Gasteiger partial charge in [-0.2, -0.15) is 0 Å². The summed E-state index contributed by atoms with van der Waals surface area (Å²) in [7, 11) is 0. The second-order valence-electron chi connectivity index (χ2n) is 3.23. The molecule has 0 spiro atoms. The highest BCUT2D eigenvalue weighted by atomic mass is 35.5. The molecule has 0 radical (unpaired) electrons. The molecule has 1 heterocycles. The van der Waals surface area contributed by atoms with E-state index in [1.54, 1.807) is 18.3 Å². The Hall–Kier alpha value is -1.54. The number of ether oxygens (including phenoxy) is 1. The summed E-state index contributed by atoms with van der Waals surface area (Å²) in [5.74, 6) is 1.33. The predicted octanol–water partition coefficient (Wildman–Crippen LogP) is 3.84. The molecule has 0 unspecified atom stereocenters. The largest absolute Gasteiger partial charge is 0.439 e. The first-order chi connectivity index (χ1) is 7.24. The summed E-state index contributed by atoms with van der Waals surface area (Å²) >= 11 is 5.72. The molecule has 2 rings (SSSR count). The van der Waals surface area contributed by atoms with Crippen LogP contribution in [0.4, 0.5) is 0 Å². The predicted molar refractivity (Wildman–Crippen MR) is 60.5 cm³/mol. The number of hydrogen-bond donors (Lipinski definition) is 0. The molecular weight excluding hydrogens is 210 g/mol. The van der Waals surface area contributed by atoms with Crippen molar-refractivity contribution in [2.75, 3.05) is 0 Å². The second kappa shape index (κ2) is 4.32. The first-order valence-electron chi connectivity index (χ1n) is 4.60. The first-order valence-corrected chi connectivity index (χ1v) is 4.98. The number of pyridine rings is 1. The Kier molecular flexibility index (Phi) is 2.88. The Morgan fingerprint density at radius 3 is 2.73 bits per heavy atom. The van der Waals surface area contributed by atoms with E-state index in [4.69, 9.17) is 16.3 Å². The SMILES string of the molecule is Cc1cccc(Oc2ccc(Cl)cn2)c1. The summed E-state index contributed by atoms with van der Waals surface area (Å²) < 4.78 is 5.54. The Labute approximate surface area is 93.5 Å². The van der Waals surface area contributed by atoms with Crippen molar-refractivity contribution in [1.29, 1.82) is 0 Å². The normalized spacial score (nSPS) is 10.0. The van der Waals surface area contributed by atoms with Gasteiger partial charge in [-0.3, -0.25) is 0 Å². The van der Waals surface area contributed by atoms with Gasteiger partial charge >= 0.3 is 0 Å². The van der Waals surface area contributed by atoms with E-state index in [-0.39, 0.29) is 0 Å². The third kappa shape index (κ3) is 2.70. The zero-order chi connectivity index (χ0) is 10.7. The molecule has 0 saturated heterocycles. The lowest BCUT2D eigenvalue weighted by atomic mass is 10.2. The third-order valence-corrected chi connectivity index (χ3v) is 2.14. The van der Waals surface area contributed by atoms with Gasteiger partial charge < -0.3 is 4.74 Å². The zero-order valence-corrected chi connectivity index (χ0v) is 9.03. The summed E-state index contributed by atoms with van der Waals surface area (Å²) in [4.78, 5) is 4.05. The monoisotopic (exact) mass is 219 g/mol. The number of rotatable bonds is 2. The molecule has 0 fully saturated rings. The van der Waals surface area contributed by atoms with Crippen LogP contribution in [0, 0.1) is 6.92 Å². The Morgan fingerprint density at radius 1 is 1.20 bits per heavy atom. The minimum Gasteiger partial charge on any atom is -0.439 e. The maximum absolute atomic E-state index is 5.72. The number of nitrogens with zero attached hydrogens (tertiary/aromatic N) is 1. The highest BCUT2D eigenvalue weighted by molar-refractivity contribution is 6.30. The van der Waals surface area contributed by atoms with Gasteiger partial charge in [-0.1, -0.05) is 23.7 Å². The first kappa shape index (κ1) is 9.99. The minimum atomic E-state index is 0.546. The van der Waals surface area contributed by atoms with Crippen LogP contribution in [0.5, 0.6) is 11.6 Å². The average Bonchev–Trinajstić information content (AvgIpc) is 2.22. The molecule has 15 heavy (non-hydrogen) atoms. The van der Waals surface area contributed by atoms with Crippen LogP contribution in [0.2, 0.25) is 5.02 Å². The molecule has 2 aromatic rings. The van der Waals surface area contributed by atoms with Gasteiger partial charge in [0.1, 0.15) is 5.75 Å². The quantitative estimate of drug-likeness (QED) is 0.766. The standard InChI is InChI=1S/C12H10ClNO/c1-9-3-2-4-11(7-9)15-12-6-5-10(13)8-14-12/h2-8H,1H3. The maximum atomic E-state index is 5.72. The van der Waals surface area contributed by atoms with Crippen molar-refractivity contribution in [3.63, 3.8) is 0 Å². The van der Waals surface area contributed by atoms with Gasteiger partial charge in [0.25, 0.3) is 0 Å². The molecule has 0 atom stereocenters.